The first-order chi connectivity index (χ1) is 6.49. The monoisotopic (exact) mass is 326 g/mol. The zero-order valence-corrected chi connectivity index (χ0v) is 13.0. The van der Waals surface area contributed by atoms with Crippen LogP contribution in [0.2, 0.25) is 19.6 Å². The Balaban J connectivity index is 3.96. The van der Waals surface area contributed by atoms with Gasteiger partial charge in [0.2, 0.25) is 0 Å². The minimum atomic E-state index is -1.36. The van der Waals surface area contributed by atoms with Crippen LogP contribution >= 0.6 is 22.6 Å². The van der Waals surface area contributed by atoms with Crippen molar-refractivity contribution in [1.82, 2.24) is 0 Å². The van der Waals surface area contributed by atoms with E-state index in [1.807, 2.05) is 0 Å². The molecular weight excluding hydrogens is 303 g/mol. The van der Waals surface area contributed by atoms with Gasteiger partial charge >= 0.3 is 0 Å². The number of hydrogen-bond donors (Lipinski definition) is 0. The van der Waals surface area contributed by atoms with Crippen molar-refractivity contribution in [2.45, 2.75) is 58.4 Å². The van der Waals surface area contributed by atoms with E-state index in [9.17, 15) is 0 Å². The summed E-state index contributed by atoms with van der Waals surface area (Å²) in [5.74, 6) is 0. The van der Waals surface area contributed by atoms with Crippen LogP contribution in [0.4, 0.5) is 0 Å². The first kappa shape index (κ1) is 14.6. The maximum absolute atomic E-state index is 6.13. The topological polar surface area (TPSA) is 9.23 Å². The van der Waals surface area contributed by atoms with Crippen LogP contribution in [0.1, 0.15) is 32.6 Å². The third-order valence-electron chi connectivity index (χ3n) is 1.89. The van der Waals surface area contributed by atoms with Crippen molar-refractivity contribution in [3.8, 4) is 0 Å². The molecule has 0 aliphatic carbocycles. The summed E-state index contributed by atoms with van der Waals surface area (Å²) in [6.07, 6.45) is 7.49. The highest BCUT2D eigenvalue weighted by Gasteiger charge is 2.19. The van der Waals surface area contributed by atoms with Gasteiger partial charge in [-0.3, -0.25) is 0 Å². The lowest BCUT2D eigenvalue weighted by Crippen LogP contribution is -2.31. The molecule has 0 aromatic heterocycles. The molecule has 0 fully saturated rings. The fourth-order valence-corrected chi connectivity index (χ4v) is 2.87. The molecule has 1 atom stereocenters. The molecule has 1 unspecified atom stereocenters. The van der Waals surface area contributed by atoms with Gasteiger partial charge in [0.15, 0.2) is 8.32 Å². The van der Waals surface area contributed by atoms with Gasteiger partial charge < -0.3 is 4.43 Å². The minimum absolute atomic E-state index is 0.452. The van der Waals surface area contributed by atoms with E-state index in [4.69, 9.17) is 4.43 Å². The average Bonchev–Trinajstić information content (AvgIpc) is 2.07. The predicted octanol–water partition coefficient (Wildman–Crippen LogP) is 4.74. The molecule has 0 amide bonds. The molecule has 0 heterocycles. The zero-order valence-electron chi connectivity index (χ0n) is 9.85. The van der Waals surface area contributed by atoms with Crippen molar-refractivity contribution in [3.05, 3.63) is 10.2 Å². The number of halogens is 1. The van der Waals surface area contributed by atoms with Crippen LogP contribution in [-0.4, -0.2) is 14.4 Å². The van der Waals surface area contributed by atoms with Crippen molar-refractivity contribution >= 4 is 30.9 Å². The highest BCUT2D eigenvalue weighted by atomic mass is 127. The van der Waals surface area contributed by atoms with Gasteiger partial charge in [-0.1, -0.05) is 48.4 Å². The Morgan fingerprint density at radius 2 is 2.00 bits per heavy atom. The molecule has 0 aromatic rings. The van der Waals surface area contributed by atoms with Crippen molar-refractivity contribution < 1.29 is 4.43 Å². The first-order valence-electron chi connectivity index (χ1n) is 5.42. The van der Waals surface area contributed by atoms with Crippen LogP contribution in [0.15, 0.2) is 10.2 Å². The molecule has 0 aromatic carbocycles. The Bertz CT molecular complexity index is 163. The maximum atomic E-state index is 6.13. The summed E-state index contributed by atoms with van der Waals surface area (Å²) in [6, 6.07) is 0. The summed E-state index contributed by atoms with van der Waals surface area (Å²) in [4.78, 5) is 0. The Hall–Kier alpha value is 0.647. The van der Waals surface area contributed by atoms with Gasteiger partial charge in [-0.2, -0.15) is 0 Å². The van der Waals surface area contributed by atoms with E-state index < -0.39 is 8.32 Å². The van der Waals surface area contributed by atoms with Gasteiger partial charge in [-0.25, -0.2) is 0 Å². The van der Waals surface area contributed by atoms with Crippen molar-refractivity contribution in [3.63, 3.8) is 0 Å². The molecule has 0 radical (unpaired) electrons. The molecule has 0 bridgehead atoms. The lowest BCUT2D eigenvalue weighted by atomic mass is 10.1. The second-order valence-corrected chi connectivity index (χ2v) is 9.77. The minimum Gasteiger partial charge on any atom is -0.414 e. The Morgan fingerprint density at radius 3 is 2.43 bits per heavy atom. The van der Waals surface area contributed by atoms with Crippen LogP contribution in [0.25, 0.3) is 0 Å². The Kier molecular flexibility index (Phi) is 8.24. The second kappa shape index (κ2) is 7.88. The first-order valence-corrected chi connectivity index (χ1v) is 10.1. The van der Waals surface area contributed by atoms with Crippen molar-refractivity contribution in [2.24, 2.45) is 0 Å². The summed E-state index contributed by atoms with van der Waals surface area (Å²) < 4.78 is 8.21. The summed E-state index contributed by atoms with van der Waals surface area (Å²) >= 11 is 2.27. The van der Waals surface area contributed by atoms with Crippen molar-refractivity contribution in [2.75, 3.05) is 0 Å². The zero-order chi connectivity index (χ0) is 11.0. The molecule has 0 aliphatic rings. The SMILES string of the molecule is CCCCC(CC=CI)O[Si](C)(C)C. The standard InChI is InChI=1S/C11H23IOSi/c1-5-6-8-11(9-7-10-12)13-14(2,3)4/h7,10-11H,5-6,8-9H2,1-4H3. The molecule has 3 heteroatoms. The molecule has 14 heavy (non-hydrogen) atoms. The van der Waals surface area contributed by atoms with Gasteiger partial charge in [-0.15, -0.1) is 0 Å². The smallest absolute Gasteiger partial charge is 0.184 e. The van der Waals surface area contributed by atoms with Gasteiger partial charge in [0.25, 0.3) is 0 Å². The Morgan fingerprint density at radius 1 is 1.36 bits per heavy atom. The van der Waals surface area contributed by atoms with Crippen LogP contribution in [0, 0.1) is 0 Å². The van der Waals surface area contributed by atoms with Gasteiger partial charge in [0.05, 0.1) is 0 Å². The lowest BCUT2D eigenvalue weighted by molar-refractivity contribution is 0.183. The fraction of sp³-hybridized carbons (Fsp3) is 0.818. The van der Waals surface area contributed by atoms with E-state index in [-0.39, 0.29) is 0 Å². The molecule has 0 aliphatic heterocycles. The molecule has 0 N–H and O–H groups in total. The third kappa shape index (κ3) is 9.21. The quantitative estimate of drug-likeness (QED) is 0.485. The van der Waals surface area contributed by atoms with Crippen LogP contribution in [0.3, 0.4) is 0 Å². The number of hydrogen-bond acceptors (Lipinski definition) is 1. The second-order valence-electron chi connectivity index (χ2n) is 4.59. The highest BCUT2D eigenvalue weighted by molar-refractivity contribution is 14.1. The van der Waals surface area contributed by atoms with E-state index >= 15 is 0 Å². The molecule has 0 spiro atoms. The largest absolute Gasteiger partial charge is 0.414 e. The van der Waals surface area contributed by atoms with Crippen LogP contribution in [-0.2, 0) is 4.43 Å². The number of unbranched alkanes of at least 4 members (excludes halogenated alkanes) is 1. The molecular formula is C11H23IOSi. The van der Waals surface area contributed by atoms with Gasteiger partial charge in [0.1, 0.15) is 0 Å². The molecule has 1 nitrogen and oxygen atoms in total. The summed E-state index contributed by atoms with van der Waals surface area (Å²) in [6.45, 7) is 9.03. The third-order valence-corrected chi connectivity index (χ3v) is 3.44. The predicted molar refractivity (Wildman–Crippen MR) is 75.5 cm³/mol. The van der Waals surface area contributed by atoms with Crippen LogP contribution < -0.4 is 0 Å². The summed E-state index contributed by atoms with van der Waals surface area (Å²) in [5, 5.41) is 0. The van der Waals surface area contributed by atoms with Gasteiger partial charge in [-0.05, 0) is 36.6 Å². The molecule has 0 rings (SSSR count). The lowest BCUT2D eigenvalue weighted by Gasteiger charge is -2.25. The average molecular weight is 326 g/mol. The van der Waals surface area contributed by atoms with E-state index in [2.05, 4.69) is 59.3 Å². The number of rotatable bonds is 7. The molecule has 0 saturated heterocycles. The maximum Gasteiger partial charge on any atom is 0.184 e. The Labute approximate surface area is 104 Å². The fourth-order valence-electron chi connectivity index (χ4n) is 1.36. The normalized spacial score (nSPS) is 14.9. The van der Waals surface area contributed by atoms with E-state index in [0.29, 0.717) is 6.10 Å². The van der Waals surface area contributed by atoms with Crippen LogP contribution in [0.5, 0.6) is 0 Å². The summed E-state index contributed by atoms with van der Waals surface area (Å²) in [5.41, 5.74) is 0. The van der Waals surface area contributed by atoms with E-state index in [1.54, 1.807) is 0 Å². The molecule has 84 valence electrons. The highest BCUT2D eigenvalue weighted by Crippen LogP contribution is 2.16. The molecule has 0 saturated carbocycles. The van der Waals surface area contributed by atoms with Gasteiger partial charge in [0, 0.05) is 6.10 Å². The van der Waals surface area contributed by atoms with Crippen molar-refractivity contribution in [1.29, 1.82) is 0 Å². The summed E-state index contributed by atoms with van der Waals surface area (Å²) in [7, 11) is -1.36. The van der Waals surface area contributed by atoms with E-state index in [0.717, 1.165) is 6.42 Å². The van der Waals surface area contributed by atoms with E-state index in [1.165, 1.54) is 19.3 Å².